The van der Waals surface area contributed by atoms with Crippen molar-refractivity contribution in [1.29, 1.82) is 0 Å². The minimum atomic E-state index is -0.484. The second-order valence-electron chi connectivity index (χ2n) is 6.97. The average molecular weight is 379 g/mol. The van der Waals surface area contributed by atoms with Crippen LogP contribution in [-0.4, -0.2) is 42.1 Å². The summed E-state index contributed by atoms with van der Waals surface area (Å²) in [5.74, 6) is -0.252. The number of hydrogen-bond donors (Lipinski definition) is 1. The van der Waals surface area contributed by atoms with Gasteiger partial charge in [-0.05, 0) is 48.1 Å². The number of amides is 1. The van der Waals surface area contributed by atoms with E-state index in [2.05, 4.69) is 4.74 Å². The maximum absolute atomic E-state index is 12.4. The number of piperidine rings is 1. The van der Waals surface area contributed by atoms with E-state index in [0.29, 0.717) is 18.7 Å². The molecule has 146 valence electrons. The number of carbonyl (C=O) groups excluding carboxylic acids is 2. The van der Waals surface area contributed by atoms with Crippen LogP contribution in [-0.2, 0) is 9.53 Å². The molecule has 0 radical (unpaired) electrons. The summed E-state index contributed by atoms with van der Waals surface area (Å²) < 4.78 is 4.67. The van der Waals surface area contributed by atoms with Gasteiger partial charge in [-0.1, -0.05) is 42.5 Å². The van der Waals surface area contributed by atoms with Gasteiger partial charge in [0.2, 0.25) is 5.91 Å². The molecule has 3 rings (SSSR count). The summed E-state index contributed by atoms with van der Waals surface area (Å²) in [6.45, 7) is 1.28. The number of methoxy groups -OCH3 is 1. The van der Waals surface area contributed by atoms with E-state index in [1.165, 1.54) is 7.11 Å². The monoisotopic (exact) mass is 379 g/mol. The Kier molecular flexibility index (Phi) is 6.61. The summed E-state index contributed by atoms with van der Waals surface area (Å²) in [6.07, 6.45) is 4.38. The largest absolute Gasteiger partial charge is 0.465 e. The Hall–Kier alpha value is -2.92. The molecule has 1 aliphatic rings. The van der Waals surface area contributed by atoms with Gasteiger partial charge >= 0.3 is 5.97 Å². The van der Waals surface area contributed by atoms with Gasteiger partial charge in [0.15, 0.2) is 0 Å². The van der Waals surface area contributed by atoms with Crippen LogP contribution >= 0.6 is 0 Å². The molecular weight excluding hydrogens is 354 g/mol. The zero-order valence-electron chi connectivity index (χ0n) is 16.0. The van der Waals surface area contributed by atoms with E-state index < -0.39 is 6.10 Å². The van der Waals surface area contributed by atoms with E-state index in [4.69, 9.17) is 0 Å². The topological polar surface area (TPSA) is 66.8 Å². The smallest absolute Gasteiger partial charge is 0.337 e. The fourth-order valence-corrected chi connectivity index (χ4v) is 3.48. The van der Waals surface area contributed by atoms with Crippen LogP contribution in [0.2, 0.25) is 0 Å². The molecule has 0 spiro atoms. The van der Waals surface area contributed by atoms with E-state index >= 15 is 0 Å². The van der Waals surface area contributed by atoms with Crippen LogP contribution in [0.1, 0.15) is 40.4 Å². The first-order chi connectivity index (χ1) is 13.6. The maximum Gasteiger partial charge on any atom is 0.337 e. The molecule has 1 aliphatic heterocycles. The molecule has 0 aliphatic carbocycles. The van der Waals surface area contributed by atoms with Crippen molar-refractivity contribution in [1.82, 2.24) is 4.90 Å². The first-order valence-electron chi connectivity index (χ1n) is 9.47. The second kappa shape index (κ2) is 9.33. The van der Waals surface area contributed by atoms with Crippen molar-refractivity contribution >= 4 is 18.0 Å². The molecule has 2 aromatic carbocycles. The molecule has 1 N–H and O–H groups in total. The van der Waals surface area contributed by atoms with Crippen LogP contribution in [0.3, 0.4) is 0 Å². The summed E-state index contributed by atoms with van der Waals surface area (Å²) in [5, 5.41) is 10.6. The molecule has 1 unspecified atom stereocenters. The van der Waals surface area contributed by atoms with Crippen molar-refractivity contribution in [2.24, 2.45) is 5.92 Å². The fraction of sp³-hybridized carbons (Fsp3) is 0.304. The van der Waals surface area contributed by atoms with Crippen molar-refractivity contribution in [3.05, 3.63) is 77.4 Å². The van der Waals surface area contributed by atoms with Crippen molar-refractivity contribution < 1.29 is 19.4 Å². The number of nitrogens with zero attached hydrogens (tertiary/aromatic N) is 1. The Morgan fingerprint density at radius 2 is 1.71 bits per heavy atom. The zero-order valence-corrected chi connectivity index (χ0v) is 16.0. The lowest BCUT2D eigenvalue weighted by atomic mass is 9.87. The lowest BCUT2D eigenvalue weighted by Gasteiger charge is -2.33. The molecule has 1 fully saturated rings. The normalized spacial score (nSPS) is 16.1. The molecule has 5 heteroatoms. The van der Waals surface area contributed by atoms with Gasteiger partial charge in [-0.15, -0.1) is 0 Å². The number of ether oxygens (including phenoxy) is 1. The van der Waals surface area contributed by atoms with Crippen LogP contribution < -0.4 is 0 Å². The third-order valence-corrected chi connectivity index (χ3v) is 5.19. The van der Waals surface area contributed by atoms with Gasteiger partial charge in [-0.3, -0.25) is 4.79 Å². The summed E-state index contributed by atoms with van der Waals surface area (Å²) in [7, 11) is 1.34. The van der Waals surface area contributed by atoms with Crippen LogP contribution in [0.4, 0.5) is 0 Å². The van der Waals surface area contributed by atoms with Crippen LogP contribution in [0.5, 0.6) is 0 Å². The number of benzene rings is 2. The van der Waals surface area contributed by atoms with Crippen LogP contribution in [0, 0.1) is 5.92 Å². The summed E-state index contributed by atoms with van der Waals surface area (Å²) >= 11 is 0. The molecule has 28 heavy (non-hydrogen) atoms. The highest BCUT2D eigenvalue weighted by atomic mass is 16.5. The molecule has 0 aromatic heterocycles. The molecule has 2 aromatic rings. The predicted octanol–water partition coefficient (Wildman–Crippen LogP) is 3.46. The summed E-state index contributed by atoms with van der Waals surface area (Å²) in [5.41, 5.74) is 2.25. The first-order valence-corrected chi connectivity index (χ1v) is 9.47. The Morgan fingerprint density at radius 3 is 2.32 bits per heavy atom. The Morgan fingerprint density at radius 1 is 1.07 bits per heavy atom. The highest BCUT2D eigenvalue weighted by Gasteiger charge is 2.27. The van der Waals surface area contributed by atoms with Gasteiger partial charge in [-0.2, -0.15) is 0 Å². The van der Waals surface area contributed by atoms with Crippen LogP contribution in [0.25, 0.3) is 6.08 Å². The zero-order chi connectivity index (χ0) is 19.9. The van der Waals surface area contributed by atoms with E-state index in [9.17, 15) is 14.7 Å². The van der Waals surface area contributed by atoms with Crippen molar-refractivity contribution in [3.8, 4) is 0 Å². The predicted molar refractivity (Wildman–Crippen MR) is 108 cm³/mol. The number of esters is 1. The molecule has 1 heterocycles. The van der Waals surface area contributed by atoms with E-state index in [1.807, 2.05) is 35.2 Å². The number of hydrogen-bond acceptors (Lipinski definition) is 4. The molecule has 0 saturated carbocycles. The molecule has 1 saturated heterocycles. The molecule has 1 amide bonds. The van der Waals surface area contributed by atoms with E-state index in [1.54, 1.807) is 36.4 Å². The minimum absolute atomic E-state index is 0.0373. The molecule has 1 atom stereocenters. The Balaban J connectivity index is 1.52. The number of likely N-dealkylation sites (tertiary alicyclic amines) is 1. The van der Waals surface area contributed by atoms with E-state index in [-0.39, 0.29) is 17.8 Å². The van der Waals surface area contributed by atoms with Gasteiger partial charge in [0, 0.05) is 19.2 Å². The third-order valence-electron chi connectivity index (χ3n) is 5.19. The lowest BCUT2D eigenvalue weighted by molar-refractivity contribution is -0.127. The highest BCUT2D eigenvalue weighted by Crippen LogP contribution is 2.30. The van der Waals surface area contributed by atoms with Crippen molar-refractivity contribution in [3.63, 3.8) is 0 Å². The Bertz CT molecular complexity index is 821. The highest BCUT2D eigenvalue weighted by molar-refractivity contribution is 5.92. The summed E-state index contributed by atoms with van der Waals surface area (Å²) in [4.78, 5) is 25.7. The van der Waals surface area contributed by atoms with Gasteiger partial charge in [0.25, 0.3) is 0 Å². The standard InChI is InChI=1S/C23H25NO4/c1-28-23(27)20-10-7-17(8-11-20)9-12-21(25)24-15-13-19(14-16-24)22(26)18-5-3-2-4-6-18/h2-12,19,22,26H,13-16H2,1H3. The number of aliphatic hydroxyl groups is 1. The maximum atomic E-state index is 12.4. The minimum Gasteiger partial charge on any atom is -0.465 e. The van der Waals surface area contributed by atoms with Crippen molar-refractivity contribution in [2.45, 2.75) is 18.9 Å². The van der Waals surface area contributed by atoms with Gasteiger partial charge in [-0.25, -0.2) is 4.79 Å². The van der Waals surface area contributed by atoms with Crippen LogP contribution in [0.15, 0.2) is 60.7 Å². The number of rotatable bonds is 5. The van der Waals surface area contributed by atoms with Gasteiger partial charge < -0.3 is 14.7 Å². The second-order valence-corrected chi connectivity index (χ2v) is 6.97. The average Bonchev–Trinajstić information content (AvgIpc) is 2.77. The molecule has 0 bridgehead atoms. The number of aliphatic hydroxyl groups excluding tert-OH is 1. The lowest BCUT2D eigenvalue weighted by Crippen LogP contribution is -2.38. The quantitative estimate of drug-likeness (QED) is 0.638. The number of carbonyl (C=O) groups is 2. The summed E-state index contributed by atoms with van der Waals surface area (Å²) in [6, 6.07) is 16.6. The fourth-order valence-electron chi connectivity index (χ4n) is 3.48. The van der Waals surface area contributed by atoms with Gasteiger partial charge in [0.05, 0.1) is 18.8 Å². The van der Waals surface area contributed by atoms with Gasteiger partial charge in [0.1, 0.15) is 0 Å². The first kappa shape index (κ1) is 19.8. The van der Waals surface area contributed by atoms with E-state index in [0.717, 1.165) is 24.0 Å². The third kappa shape index (κ3) is 4.87. The van der Waals surface area contributed by atoms with Crippen molar-refractivity contribution in [2.75, 3.05) is 20.2 Å². The molecule has 5 nitrogen and oxygen atoms in total. The SMILES string of the molecule is COC(=O)c1ccc(C=CC(=O)N2CCC(C(O)c3ccccc3)CC2)cc1. The Labute approximate surface area is 165 Å². The molecular formula is C23H25NO4.